The van der Waals surface area contributed by atoms with Gasteiger partial charge in [-0.2, -0.15) is 0 Å². The van der Waals surface area contributed by atoms with Gasteiger partial charge in [0, 0.05) is 19.8 Å². The van der Waals surface area contributed by atoms with Gasteiger partial charge < -0.3 is 10.6 Å². The number of hydrogen-bond donors (Lipinski definition) is 2. The van der Waals surface area contributed by atoms with Crippen LogP contribution in [0.3, 0.4) is 0 Å². The van der Waals surface area contributed by atoms with Crippen molar-refractivity contribution in [2.24, 2.45) is 10.4 Å². The summed E-state index contributed by atoms with van der Waals surface area (Å²) >= 11 is 0. The van der Waals surface area contributed by atoms with E-state index < -0.39 is 0 Å². The number of halogens is 1. The molecule has 5 heteroatoms. The van der Waals surface area contributed by atoms with E-state index in [2.05, 4.69) is 27.5 Å². The van der Waals surface area contributed by atoms with Gasteiger partial charge in [-0.1, -0.05) is 13.3 Å². The van der Waals surface area contributed by atoms with Gasteiger partial charge in [0.1, 0.15) is 5.82 Å². The van der Waals surface area contributed by atoms with Gasteiger partial charge in [0.15, 0.2) is 5.96 Å². The molecule has 0 radical (unpaired) electrons. The van der Waals surface area contributed by atoms with Crippen molar-refractivity contribution in [2.75, 3.05) is 13.6 Å². The van der Waals surface area contributed by atoms with Gasteiger partial charge in [-0.05, 0) is 36.8 Å². The Balaban J connectivity index is 1.83. The van der Waals surface area contributed by atoms with Gasteiger partial charge >= 0.3 is 0 Å². The molecule has 0 unspecified atom stereocenters. The Hall–Kier alpha value is -1.65. The van der Waals surface area contributed by atoms with E-state index in [1.165, 1.54) is 31.7 Å². The fraction of sp³-hybridized carbons (Fsp3) is 0.600. The number of hydrogen-bond acceptors (Lipinski definition) is 2. The Labute approximate surface area is 119 Å². The first kappa shape index (κ1) is 14.8. The zero-order valence-corrected chi connectivity index (χ0v) is 12.2. The lowest BCUT2D eigenvalue weighted by Gasteiger charge is -2.41. The summed E-state index contributed by atoms with van der Waals surface area (Å²) < 4.78 is 13.5. The molecule has 0 spiro atoms. The maximum atomic E-state index is 13.5. The minimum absolute atomic E-state index is 0.292. The normalized spacial score (nSPS) is 17.4. The molecule has 0 aromatic carbocycles. The van der Waals surface area contributed by atoms with Crippen LogP contribution in [-0.2, 0) is 6.54 Å². The lowest BCUT2D eigenvalue weighted by Crippen LogP contribution is -2.46. The minimum Gasteiger partial charge on any atom is -0.356 e. The molecule has 1 heterocycles. The van der Waals surface area contributed by atoms with E-state index in [0.29, 0.717) is 23.6 Å². The van der Waals surface area contributed by atoms with Gasteiger partial charge in [0.2, 0.25) is 0 Å². The summed E-state index contributed by atoms with van der Waals surface area (Å²) in [7, 11) is 1.73. The Bertz CT molecular complexity index is 463. The van der Waals surface area contributed by atoms with E-state index >= 15 is 0 Å². The molecule has 1 fully saturated rings. The maximum absolute atomic E-state index is 13.5. The van der Waals surface area contributed by atoms with Crippen molar-refractivity contribution in [2.45, 2.75) is 39.2 Å². The molecule has 1 aliphatic rings. The Morgan fingerprint density at radius 1 is 1.45 bits per heavy atom. The standard InChI is InChI=1S/C15H23FN4/c1-3-15(7-5-8-15)11-20-14(17-2)19-10-13-12(16)6-4-9-18-13/h4,6,9H,3,5,7-8,10-11H2,1-2H3,(H2,17,19,20). The average Bonchev–Trinajstić information content (AvgIpc) is 2.43. The molecule has 0 atom stereocenters. The van der Waals surface area contributed by atoms with Gasteiger partial charge in [-0.15, -0.1) is 0 Å². The zero-order valence-electron chi connectivity index (χ0n) is 12.2. The van der Waals surface area contributed by atoms with Crippen molar-refractivity contribution in [1.29, 1.82) is 0 Å². The van der Waals surface area contributed by atoms with Crippen molar-refractivity contribution in [1.82, 2.24) is 15.6 Å². The van der Waals surface area contributed by atoms with Crippen LogP contribution in [0.2, 0.25) is 0 Å². The van der Waals surface area contributed by atoms with Crippen molar-refractivity contribution >= 4 is 5.96 Å². The molecule has 1 aromatic rings. The number of nitrogens with zero attached hydrogens (tertiary/aromatic N) is 2. The van der Waals surface area contributed by atoms with Crippen LogP contribution in [0.1, 0.15) is 38.3 Å². The summed E-state index contributed by atoms with van der Waals surface area (Å²) in [6.07, 6.45) is 6.66. The molecule has 0 saturated heterocycles. The van der Waals surface area contributed by atoms with E-state index in [0.717, 1.165) is 6.54 Å². The molecule has 1 aliphatic carbocycles. The molecule has 110 valence electrons. The number of aromatic nitrogens is 1. The summed E-state index contributed by atoms with van der Waals surface area (Å²) in [5.74, 6) is 0.411. The second kappa shape index (κ2) is 6.68. The van der Waals surface area contributed by atoms with Gasteiger partial charge in [0.25, 0.3) is 0 Å². The van der Waals surface area contributed by atoms with Crippen LogP contribution in [-0.4, -0.2) is 24.5 Å². The Kier molecular flexibility index (Phi) is 4.93. The topological polar surface area (TPSA) is 49.3 Å². The molecule has 20 heavy (non-hydrogen) atoms. The molecule has 0 amide bonds. The maximum Gasteiger partial charge on any atom is 0.191 e. The summed E-state index contributed by atoms with van der Waals surface area (Å²) in [4.78, 5) is 8.19. The third-order valence-corrected chi connectivity index (χ3v) is 4.28. The van der Waals surface area contributed by atoms with Crippen LogP contribution in [0.4, 0.5) is 4.39 Å². The zero-order chi connectivity index (χ0) is 14.4. The highest BCUT2D eigenvalue weighted by Gasteiger charge is 2.34. The SMILES string of the molecule is CCC1(CNC(=NC)NCc2ncccc2F)CCC1. The van der Waals surface area contributed by atoms with E-state index in [1.54, 1.807) is 19.3 Å². The summed E-state index contributed by atoms with van der Waals surface area (Å²) in [5, 5.41) is 6.45. The Morgan fingerprint density at radius 3 is 2.80 bits per heavy atom. The van der Waals surface area contributed by atoms with Crippen LogP contribution in [0.15, 0.2) is 23.3 Å². The van der Waals surface area contributed by atoms with Crippen LogP contribution in [0.25, 0.3) is 0 Å². The number of rotatable bonds is 5. The second-order valence-corrected chi connectivity index (χ2v) is 5.42. The summed E-state index contributed by atoms with van der Waals surface area (Å²) in [6, 6.07) is 3.01. The first-order valence-corrected chi connectivity index (χ1v) is 7.23. The highest BCUT2D eigenvalue weighted by Crippen LogP contribution is 2.42. The lowest BCUT2D eigenvalue weighted by atomic mass is 9.67. The number of pyridine rings is 1. The van der Waals surface area contributed by atoms with E-state index in [9.17, 15) is 4.39 Å². The van der Waals surface area contributed by atoms with Gasteiger partial charge in [0.05, 0.1) is 12.2 Å². The van der Waals surface area contributed by atoms with Crippen molar-refractivity contribution in [3.8, 4) is 0 Å². The summed E-state index contributed by atoms with van der Waals surface area (Å²) in [5.41, 5.74) is 0.831. The van der Waals surface area contributed by atoms with Crippen LogP contribution in [0, 0.1) is 11.2 Å². The smallest absolute Gasteiger partial charge is 0.191 e. The molecule has 4 nitrogen and oxygen atoms in total. The fourth-order valence-electron chi connectivity index (χ4n) is 2.54. The van der Waals surface area contributed by atoms with E-state index in [1.807, 2.05) is 0 Å². The number of nitrogens with one attached hydrogen (secondary N) is 2. The molecule has 2 rings (SSSR count). The molecule has 2 N–H and O–H groups in total. The van der Waals surface area contributed by atoms with Gasteiger partial charge in [-0.25, -0.2) is 4.39 Å². The van der Waals surface area contributed by atoms with Crippen molar-refractivity contribution < 1.29 is 4.39 Å². The predicted octanol–water partition coefficient (Wildman–Crippen LogP) is 2.47. The first-order chi connectivity index (χ1) is 9.69. The third-order valence-electron chi connectivity index (χ3n) is 4.28. The van der Waals surface area contributed by atoms with Crippen LogP contribution < -0.4 is 10.6 Å². The minimum atomic E-state index is -0.292. The molecule has 1 aromatic heterocycles. The first-order valence-electron chi connectivity index (χ1n) is 7.23. The molecule has 1 saturated carbocycles. The van der Waals surface area contributed by atoms with Crippen LogP contribution >= 0.6 is 0 Å². The van der Waals surface area contributed by atoms with Gasteiger partial charge in [-0.3, -0.25) is 9.98 Å². The molecular weight excluding hydrogens is 255 g/mol. The predicted molar refractivity (Wildman–Crippen MR) is 79.0 cm³/mol. The molecule has 0 bridgehead atoms. The lowest BCUT2D eigenvalue weighted by molar-refractivity contribution is 0.131. The van der Waals surface area contributed by atoms with E-state index in [4.69, 9.17) is 0 Å². The monoisotopic (exact) mass is 278 g/mol. The highest BCUT2D eigenvalue weighted by atomic mass is 19.1. The van der Waals surface area contributed by atoms with E-state index in [-0.39, 0.29) is 5.82 Å². The second-order valence-electron chi connectivity index (χ2n) is 5.42. The largest absolute Gasteiger partial charge is 0.356 e. The number of aliphatic imine (C=N–C) groups is 1. The summed E-state index contributed by atoms with van der Waals surface area (Å²) in [6.45, 7) is 3.50. The van der Waals surface area contributed by atoms with Crippen LogP contribution in [0.5, 0.6) is 0 Å². The highest BCUT2D eigenvalue weighted by molar-refractivity contribution is 5.79. The average molecular weight is 278 g/mol. The molecule has 0 aliphatic heterocycles. The molecular formula is C15H23FN4. The Morgan fingerprint density at radius 2 is 2.25 bits per heavy atom. The fourth-order valence-corrected chi connectivity index (χ4v) is 2.54. The number of guanidine groups is 1. The van der Waals surface area contributed by atoms with Crippen molar-refractivity contribution in [3.05, 3.63) is 29.8 Å². The third kappa shape index (κ3) is 3.46. The van der Waals surface area contributed by atoms with Crippen molar-refractivity contribution in [3.63, 3.8) is 0 Å². The quantitative estimate of drug-likeness (QED) is 0.642.